The van der Waals surface area contributed by atoms with E-state index in [1.54, 1.807) is 24.3 Å². The lowest BCUT2D eigenvalue weighted by Gasteiger charge is -2.07. The third kappa shape index (κ3) is 4.60. The van der Waals surface area contributed by atoms with E-state index in [1.807, 2.05) is 0 Å². The van der Waals surface area contributed by atoms with Gasteiger partial charge in [-0.1, -0.05) is 12.1 Å². The van der Waals surface area contributed by atoms with E-state index in [0.29, 0.717) is 17.1 Å². The molecule has 0 bridgehead atoms. The van der Waals surface area contributed by atoms with Crippen LogP contribution in [0.4, 0.5) is 0 Å². The van der Waals surface area contributed by atoms with Crippen molar-refractivity contribution in [2.24, 2.45) is 0 Å². The molecule has 0 unspecified atom stereocenters. The monoisotopic (exact) mass is 342 g/mol. The molecule has 2 aromatic carbocycles. The maximum atomic E-state index is 12.3. The van der Waals surface area contributed by atoms with Gasteiger partial charge in [0.25, 0.3) is 0 Å². The molecular formula is C19H18O6. The van der Waals surface area contributed by atoms with E-state index in [0.717, 1.165) is 5.56 Å². The average Bonchev–Trinajstić information content (AvgIpc) is 2.60. The predicted molar refractivity (Wildman–Crippen MR) is 92.4 cm³/mol. The molecule has 6 nitrogen and oxygen atoms in total. The number of rotatable bonds is 7. The van der Waals surface area contributed by atoms with Gasteiger partial charge >= 0.3 is 5.97 Å². The van der Waals surface area contributed by atoms with Crippen LogP contribution in [0.2, 0.25) is 0 Å². The first-order chi connectivity index (χ1) is 11.9. The van der Waals surface area contributed by atoms with Crippen molar-refractivity contribution in [1.29, 1.82) is 0 Å². The van der Waals surface area contributed by atoms with Gasteiger partial charge in [0.05, 0.1) is 20.6 Å². The van der Waals surface area contributed by atoms with Crippen molar-refractivity contribution < 1.29 is 29.3 Å². The molecular weight excluding hydrogens is 324 g/mol. The van der Waals surface area contributed by atoms with Gasteiger partial charge in [-0.2, -0.15) is 0 Å². The second-order valence-electron chi connectivity index (χ2n) is 5.23. The fourth-order valence-electron chi connectivity index (χ4n) is 2.27. The lowest BCUT2D eigenvalue weighted by atomic mass is 10.0. The van der Waals surface area contributed by atoms with Crippen molar-refractivity contribution in [3.8, 4) is 17.2 Å². The van der Waals surface area contributed by atoms with Gasteiger partial charge in [0, 0.05) is 11.1 Å². The third-order valence-corrected chi connectivity index (χ3v) is 3.54. The predicted octanol–water partition coefficient (Wildman–Crippen LogP) is 2.93. The van der Waals surface area contributed by atoms with Crippen molar-refractivity contribution in [2.75, 3.05) is 14.2 Å². The maximum absolute atomic E-state index is 12.3. The fraction of sp³-hybridized carbons (Fsp3) is 0.158. The summed E-state index contributed by atoms with van der Waals surface area (Å²) in [5.74, 6) is -0.404. The number of ether oxygens (including phenoxy) is 2. The number of allylic oxidation sites excluding steroid dienone is 1. The minimum Gasteiger partial charge on any atom is -0.508 e. The highest BCUT2D eigenvalue weighted by molar-refractivity contribution is 6.07. The van der Waals surface area contributed by atoms with Gasteiger partial charge < -0.3 is 19.7 Å². The molecule has 2 aromatic rings. The van der Waals surface area contributed by atoms with Crippen molar-refractivity contribution in [3.63, 3.8) is 0 Å². The summed E-state index contributed by atoms with van der Waals surface area (Å²) in [6.07, 6.45) is 2.64. The molecule has 0 amide bonds. The Hall–Kier alpha value is -3.28. The SMILES string of the molecule is COc1ccc(C=CC(=O)c2ccc(O)c(CC(=O)O)c2)cc1OC. The molecule has 6 heteroatoms. The summed E-state index contributed by atoms with van der Waals surface area (Å²) < 4.78 is 10.4. The number of aliphatic carboxylic acids is 1. The number of hydrogen-bond acceptors (Lipinski definition) is 5. The normalized spacial score (nSPS) is 10.6. The Morgan fingerprint density at radius 2 is 1.76 bits per heavy atom. The molecule has 0 radical (unpaired) electrons. The minimum absolute atomic E-state index is 0.150. The topological polar surface area (TPSA) is 93.1 Å². The molecule has 0 aliphatic carbocycles. The largest absolute Gasteiger partial charge is 0.508 e. The summed E-state index contributed by atoms with van der Waals surface area (Å²) in [6, 6.07) is 9.38. The number of aromatic hydroxyl groups is 1. The van der Waals surface area contributed by atoms with Gasteiger partial charge in [-0.15, -0.1) is 0 Å². The lowest BCUT2D eigenvalue weighted by Crippen LogP contribution is -2.02. The van der Waals surface area contributed by atoms with E-state index >= 15 is 0 Å². The number of carbonyl (C=O) groups excluding carboxylic acids is 1. The van der Waals surface area contributed by atoms with Crippen LogP contribution in [0, 0.1) is 0 Å². The van der Waals surface area contributed by atoms with Crippen LogP contribution in [-0.2, 0) is 11.2 Å². The van der Waals surface area contributed by atoms with Crippen molar-refractivity contribution in [1.82, 2.24) is 0 Å². The van der Waals surface area contributed by atoms with Gasteiger partial charge in [0.15, 0.2) is 17.3 Å². The maximum Gasteiger partial charge on any atom is 0.307 e. The first-order valence-corrected chi connectivity index (χ1v) is 7.42. The van der Waals surface area contributed by atoms with E-state index in [9.17, 15) is 14.7 Å². The smallest absolute Gasteiger partial charge is 0.307 e. The highest BCUT2D eigenvalue weighted by atomic mass is 16.5. The molecule has 0 saturated carbocycles. The van der Waals surface area contributed by atoms with E-state index in [2.05, 4.69) is 0 Å². The lowest BCUT2D eigenvalue weighted by molar-refractivity contribution is -0.136. The molecule has 25 heavy (non-hydrogen) atoms. The first-order valence-electron chi connectivity index (χ1n) is 7.42. The Balaban J connectivity index is 2.21. The number of methoxy groups -OCH3 is 2. The van der Waals surface area contributed by atoms with E-state index in [1.165, 1.54) is 38.5 Å². The summed E-state index contributed by atoms with van der Waals surface area (Å²) in [4.78, 5) is 23.1. The number of carboxylic acid groups (broad SMARTS) is 1. The zero-order valence-corrected chi connectivity index (χ0v) is 13.9. The Kier molecular flexibility index (Phi) is 5.79. The molecule has 0 fully saturated rings. The molecule has 0 aromatic heterocycles. The number of carbonyl (C=O) groups is 2. The Morgan fingerprint density at radius 1 is 1.04 bits per heavy atom. The Labute approximate surface area is 144 Å². The highest BCUT2D eigenvalue weighted by Crippen LogP contribution is 2.28. The van der Waals surface area contributed by atoms with E-state index < -0.39 is 5.97 Å². The summed E-state index contributed by atoms with van der Waals surface area (Å²) in [6.45, 7) is 0. The number of benzene rings is 2. The van der Waals surface area contributed by atoms with Gasteiger partial charge in [0.2, 0.25) is 0 Å². The molecule has 130 valence electrons. The van der Waals surface area contributed by atoms with Crippen molar-refractivity contribution >= 4 is 17.8 Å². The Morgan fingerprint density at radius 3 is 2.40 bits per heavy atom. The Bertz CT molecular complexity index is 823. The second kappa shape index (κ2) is 8.01. The van der Waals surface area contributed by atoms with Crippen LogP contribution in [0.5, 0.6) is 17.2 Å². The van der Waals surface area contributed by atoms with E-state index in [-0.39, 0.29) is 23.5 Å². The van der Waals surface area contributed by atoms with Crippen LogP contribution >= 0.6 is 0 Å². The number of phenols is 1. The molecule has 0 aliphatic heterocycles. The zero-order chi connectivity index (χ0) is 18.4. The molecule has 0 saturated heterocycles. The zero-order valence-electron chi connectivity index (χ0n) is 13.9. The number of phenolic OH excluding ortho intramolecular Hbond substituents is 1. The van der Waals surface area contributed by atoms with Crippen LogP contribution in [0.3, 0.4) is 0 Å². The first kappa shape index (κ1) is 18.1. The van der Waals surface area contributed by atoms with Gasteiger partial charge in [-0.05, 0) is 42.0 Å². The van der Waals surface area contributed by atoms with Crippen LogP contribution < -0.4 is 9.47 Å². The number of ketones is 1. The second-order valence-corrected chi connectivity index (χ2v) is 5.23. The van der Waals surface area contributed by atoms with Crippen LogP contribution in [0.25, 0.3) is 6.08 Å². The van der Waals surface area contributed by atoms with E-state index in [4.69, 9.17) is 14.6 Å². The highest BCUT2D eigenvalue weighted by Gasteiger charge is 2.10. The molecule has 0 aliphatic rings. The molecule has 2 rings (SSSR count). The number of carboxylic acids is 1. The summed E-state index contributed by atoms with van der Waals surface area (Å²) in [5, 5.41) is 18.5. The standard InChI is InChI=1S/C19H18O6/c1-24-17-8-4-12(9-18(17)25-2)3-6-15(20)13-5-7-16(21)14(10-13)11-19(22)23/h3-10,21H,11H2,1-2H3,(H,22,23). The van der Waals surface area contributed by atoms with Crippen molar-refractivity contribution in [3.05, 3.63) is 59.2 Å². The van der Waals surface area contributed by atoms with Crippen LogP contribution in [-0.4, -0.2) is 36.2 Å². The number of hydrogen-bond donors (Lipinski definition) is 2. The fourth-order valence-corrected chi connectivity index (χ4v) is 2.27. The third-order valence-electron chi connectivity index (χ3n) is 3.54. The van der Waals surface area contributed by atoms with Crippen molar-refractivity contribution in [2.45, 2.75) is 6.42 Å². The summed E-state index contributed by atoms with van der Waals surface area (Å²) in [7, 11) is 3.06. The molecule has 0 spiro atoms. The van der Waals surface area contributed by atoms with Gasteiger partial charge in [-0.25, -0.2) is 0 Å². The molecule has 0 heterocycles. The molecule has 0 atom stereocenters. The van der Waals surface area contributed by atoms with Crippen LogP contribution in [0.15, 0.2) is 42.5 Å². The molecule has 2 N–H and O–H groups in total. The minimum atomic E-state index is -1.08. The summed E-state index contributed by atoms with van der Waals surface area (Å²) >= 11 is 0. The van der Waals surface area contributed by atoms with Crippen LogP contribution in [0.1, 0.15) is 21.5 Å². The van der Waals surface area contributed by atoms with Gasteiger partial charge in [0.1, 0.15) is 5.75 Å². The van der Waals surface area contributed by atoms with Gasteiger partial charge in [-0.3, -0.25) is 9.59 Å². The summed E-state index contributed by atoms with van der Waals surface area (Å²) in [5.41, 5.74) is 1.24. The average molecular weight is 342 g/mol. The quantitative estimate of drug-likeness (QED) is 0.594.